The van der Waals surface area contributed by atoms with Gasteiger partial charge in [0.2, 0.25) is 0 Å². The van der Waals surface area contributed by atoms with Crippen LogP contribution >= 0.6 is 0 Å². The molecule has 1 aromatic heterocycles. The maximum absolute atomic E-state index is 11.1. The molecule has 3 nitrogen and oxygen atoms in total. The summed E-state index contributed by atoms with van der Waals surface area (Å²) in [6.07, 6.45) is 10.1. The highest BCUT2D eigenvalue weighted by Crippen LogP contribution is 2.67. The Kier molecular flexibility index (Phi) is 3.09. The van der Waals surface area contributed by atoms with Crippen LogP contribution in [0.2, 0.25) is 0 Å². The second kappa shape index (κ2) is 4.79. The topological polar surface area (TPSA) is 46.3 Å². The fourth-order valence-electron chi connectivity index (χ4n) is 7.63. The zero-order valence-corrected chi connectivity index (χ0v) is 16.1. The predicted octanol–water partition coefficient (Wildman–Crippen LogP) is 5.00. The molecule has 5 rings (SSSR count). The summed E-state index contributed by atoms with van der Waals surface area (Å²) < 4.78 is 5.57. The number of fused-ring (bicyclic) bond motifs is 6. The van der Waals surface area contributed by atoms with Gasteiger partial charge in [0.05, 0.1) is 11.8 Å². The van der Waals surface area contributed by atoms with Gasteiger partial charge in [-0.25, -0.2) is 0 Å². The third-order valence-corrected chi connectivity index (χ3v) is 9.23. The first kappa shape index (κ1) is 16.1. The number of aliphatic hydroxyl groups is 1. The minimum atomic E-state index is -0.482. The molecule has 0 aromatic carbocycles. The molecule has 136 valence electrons. The summed E-state index contributed by atoms with van der Waals surface area (Å²) >= 11 is 0. The van der Waals surface area contributed by atoms with E-state index < -0.39 is 5.60 Å². The molecule has 1 N–H and O–H groups in total. The molecule has 0 unspecified atom stereocenters. The number of aromatic nitrogens is 1. The molecule has 0 amide bonds. The molecule has 4 aliphatic carbocycles. The van der Waals surface area contributed by atoms with Crippen LogP contribution in [0.15, 0.2) is 16.3 Å². The van der Waals surface area contributed by atoms with E-state index in [1.54, 1.807) is 5.57 Å². The Morgan fingerprint density at radius 3 is 2.68 bits per heavy atom. The van der Waals surface area contributed by atoms with Gasteiger partial charge in [-0.05, 0) is 93.0 Å². The Bertz CT molecular complexity index is 760. The van der Waals surface area contributed by atoms with Gasteiger partial charge in [0.1, 0.15) is 0 Å². The standard InChI is InChI=1S/C22H31NO2/c1-13-16-6-5-15-17(20(16,2)11-14-12-23-25-19(13)14)7-9-21(3)18(15)8-10-22(21,4)24/h12,15,17-18,24H,5-11H2,1-4H3/t15-,17+,18+,20+,21+,22+/m1/s1. The molecular formula is C22H31NO2. The van der Waals surface area contributed by atoms with E-state index in [2.05, 4.69) is 32.9 Å². The highest BCUT2D eigenvalue weighted by atomic mass is 16.5. The molecule has 0 bridgehead atoms. The summed E-state index contributed by atoms with van der Waals surface area (Å²) in [7, 11) is 0. The maximum atomic E-state index is 11.1. The molecule has 0 saturated heterocycles. The van der Waals surface area contributed by atoms with E-state index >= 15 is 0 Å². The third kappa shape index (κ3) is 1.83. The lowest BCUT2D eigenvalue weighted by Crippen LogP contribution is -2.54. The van der Waals surface area contributed by atoms with Crippen molar-refractivity contribution in [1.29, 1.82) is 0 Å². The predicted molar refractivity (Wildman–Crippen MR) is 97.8 cm³/mol. The summed E-state index contributed by atoms with van der Waals surface area (Å²) in [4.78, 5) is 0. The largest absolute Gasteiger partial charge is 0.390 e. The highest BCUT2D eigenvalue weighted by molar-refractivity contribution is 5.69. The lowest BCUT2D eigenvalue weighted by Gasteiger charge is -2.59. The lowest BCUT2D eigenvalue weighted by molar-refractivity contribution is -0.116. The highest BCUT2D eigenvalue weighted by Gasteiger charge is 2.62. The first-order valence-corrected chi connectivity index (χ1v) is 10.1. The van der Waals surface area contributed by atoms with Gasteiger partial charge < -0.3 is 9.63 Å². The van der Waals surface area contributed by atoms with E-state index in [4.69, 9.17) is 4.52 Å². The van der Waals surface area contributed by atoms with Crippen molar-refractivity contribution in [3.8, 4) is 0 Å². The monoisotopic (exact) mass is 341 g/mol. The van der Waals surface area contributed by atoms with Crippen LogP contribution in [0.4, 0.5) is 0 Å². The summed E-state index contributed by atoms with van der Waals surface area (Å²) in [5.74, 6) is 3.22. The van der Waals surface area contributed by atoms with Crippen LogP contribution in [0, 0.1) is 28.6 Å². The molecule has 1 aromatic rings. The fourth-order valence-corrected chi connectivity index (χ4v) is 7.63. The molecule has 4 aliphatic rings. The molecule has 6 atom stereocenters. The van der Waals surface area contributed by atoms with E-state index in [1.807, 2.05) is 6.20 Å². The Balaban J connectivity index is 1.57. The lowest BCUT2D eigenvalue weighted by atomic mass is 9.46. The number of rotatable bonds is 0. The second-order valence-corrected chi connectivity index (χ2v) is 10.1. The van der Waals surface area contributed by atoms with Crippen LogP contribution < -0.4 is 0 Å². The summed E-state index contributed by atoms with van der Waals surface area (Å²) in [5, 5.41) is 15.1. The van der Waals surface area contributed by atoms with E-state index in [0.717, 1.165) is 30.4 Å². The second-order valence-electron chi connectivity index (χ2n) is 10.1. The van der Waals surface area contributed by atoms with Crippen molar-refractivity contribution in [1.82, 2.24) is 5.16 Å². The Labute approximate surface area is 150 Å². The van der Waals surface area contributed by atoms with Gasteiger partial charge in [-0.3, -0.25) is 0 Å². The van der Waals surface area contributed by atoms with Gasteiger partial charge in [-0.1, -0.05) is 24.6 Å². The van der Waals surface area contributed by atoms with Crippen molar-refractivity contribution in [2.45, 2.75) is 78.2 Å². The van der Waals surface area contributed by atoms with Crippen molar-refractivity contribution in [3.63, 3.8) is 0 Å². The Hall–Kier alpha value is -1.09. The van der Waals surface area contributed by atoms with Crippen molar-refractivity contribution in [2.24, 2.45) is 28.6 Å². The Morgan fingerprint density at radius 2 is 1.88 bits per heavy atom. The van der Waals surface area contributed by atoms with Gasteiger partial charge in [0, 0.05) is 5.56 Å². The van der Waals surface area contributed by atoms with Crippen molar-refractivity contribution >= 4 is 5.57 Å². The van der Waals surface area contributed by atoms with Crippen molar-refractivity contribution < 1.29 is 9.63 Å². The van der Waals surface area contributed by atoms with Crippen molar-refractivity contribution in [3.05, 3.63) is 23.1 Å². The van der Waals surface area contributed by atoms with E-state index in [9.17, 15) is 5.11 Å². The minimum Gasteiger partial charge on any atom is -0.390 e. The molecule has 25 heavy (non-hydrogen) atoms. The summed E-state index contributed by atoms with van der Waals surface area (Å²) in [5.41, 5.74) is 4.16. The fraction of sp³-hybridized carbons (Fsp3) is 0.773. The normalized spacial score (nSPS) is 48.6. The number of allylic oxidation sites excluding steroid dienone is 2. The molecule has 1 heterocycles. The SMILES string of the molecule is CC1=C2CC[C@@H]3[C@H](CC[C@@]4(C)[C@H]3CC[C@]4(C)O)[C@@]2(C)Cc2cnoc21. The van der Waals surface area contributed by atoms with Crippen LogP contribution in [-0.4, -0.2) is 15.9 Å². The molecule has 3 heteroatoms. The zero-order valence-electron chi connectivity index (χ0n) is 16.1. The first-order chi connectivity index (χ1) is 11.8. The van der Waals surface area contributed by atoms with Gasteiger partial charge in [0.25, 0.3) is 0 Å². The number of hydrogen-bond acceptors (Lipinski definition) is 3. The molecule has 0 spiro atoms. The number of hydrogen-bond donors (Lipinski definition) is 1. The van der Waals surface area contributed by atoms with Crippen LogP contribution in [0.5, 0.6) is 0 Å². The van der Waals surface area contributed by atoms with E-state index in [1.165, 1.54) is 43.2 Å². The van der Waals surface area contributed by atoms with Gasteiger partial charge in [-0.15, -0.1) is 0 Å². The summed E-state index contributed by atoms with van der Waals surface area (Å²) in [6, 6.07) is 0. The molecular weight excluding hydrogens is 310 g/mol. The summed E-state index contributed by atoms with van der Waals surface area (Å²) in [6.45, 7) is 9.22. The maximum Gasteiger partial charge on any atom is 0.165 e. The smallest absolute Gasteiger partial charge is 0.165 e. The average molecular weight is 341 g/mol. The minimum absolute atomic E-state index is 0.109. The van der Waals surface area contributed by atoms with E-state index in [0.29, 0.717) is 5.92 Å². The third-order valence-electron chi connectivity index (χ3n) is 9.23. The van der Waals surface area contributed by atoms with Crippen LogP contribution in [0.25, 0.3) is 5.57 Å². The molecule has 3 fully saturated rings. The number of nitrogens with zero attached hydrogens (tertiary/aromatic N) is 1. The first-order valence-electron chi connectivity index (χ1n) is 10.1. The van der Waals surface area contributed by atoms with Crippen LogP contribution in [-0.2, 0) is 6.42 Å². The van der Waals surface area contributed by atoms with Crippen molar-refractivity contribution in [2.75, 3.05) is 0 Å². The van der Waals surface area contributed by atoms with Gasteiger partial charge in [0.15, 0.2) is 5.76 Å². The van der Waals surface area contributed by atoms with Crippen LogP contribution in [0.3, 0.4) is 0 Å². The Morgan fingerprint density at radius 1 is 1.12 bits per heavy atom. The van der Waals surface area contributed by atoms with Gasteiger partial charge in [-0.2, -0.15) is 0 Å². The molecule has 0 aliphatic heterocycles. The molecule has 0 radical (unpaired) electrons. The molecule has 3 saturated carbocycles. The van der Waals surface area contributed by atoms with Gasteiger partial charge >= 0.3 is 0 Å². The zero-order chi connectivity index (χ0) is 17.6. The van der Waals surface area contributed by atoms with Crippen LogP contribution in [0.1, 0.15) is 77.5 Å². The van der Waals surface area contributed by atoms with E-state index in [-0.39, 0.29) is 10.8 Å². The average Bonchev–Trinajstić information content (AvgIpc) is 3.10. The quantitative estimate of drug-likeness (QED) is 0.722.